The lowest BCUT2D eigenvalue weighted by atomic mass is 9.96. The molecule has 0 unspecified atom stereocenters. The minimum absolute atomic E-state index is 0.0393. The Morgan fingerprint density at radius 3 is 2.56 bits per heavy atom. The van der Waals surface area contributed by atoms with E-state index >= 15 is 0 Å². The van der Waals surface area contributed by atoms with Gasteiger partial charge in [0.1, 0.15) is 0 Å². The van der Waals surface area contributed by atoms with Gasteiger partial charge >= 0.3 is 0 Å². The first kappa shape index (κ1) is 19.0. The second kappa shape index (κ2) is 8.75. The molecule has 1 aromatic heterocycles. The normalized spacial score (nSPS) is 16.8. The van der Waals surface area contributed by atoms with Crippen molar-refractivity contribution in [3.8, 4) is 0 Å². The molecule has 3 rings (SSSR count). The molecule has 1 atom stereocenters. The number of nitrogens with one attached hydrogen (secondary N) is 1. The van der Waals surface area contributed by atoms with Crippen molar-refractivity contribution in [3.05, 3.63) is 48.4 Å². The fraction of sp³-hybridized carbons (Fsp3) is 0.429. The van der Waals surface area contributed by atoms with Crippen LogP contribution in [0.3, 0.4) is 0 Å². The summed E-state index contributed by atoms with van der Waals surface area (Å²) in [5.41, 5.74) is 1.93. The Bertz CT molecular complexity index is 751. The lowest BCUT2D eigenvalue weighted by Gasteiger charge is -2.31. The van der Waals surface area contributed by atoms with Gasteiger partial charge in [0.15, 0.2) is 5.76 Å². The highest BCUT2D eigenvalue weighted by atomic mass is 16.3. The van der Waals surface area contributed by atoms with Crippen LogP contribution in [0.1, 0.15) is 37.2 Å². The molecule has 1 aromatic carbocycles. The molecule has 1 N–H and O–H groups in total. The van der Waals surface area contributed by atoms with Gasteiger partial charge in [-0.05, 0) is 63.1 Å². The summed E-state index contributed by atoms with van der Waals surface area (Å²) < 4.78 is 5.19. The molecule has 1 fully saturated rings. The number of carbonyl (C=O) groups excluding carboxylic acids is 2. The maximum absolute atomic E-state index is 12.7. The smallest absolute Gasteiger partial charge is 0.289 e. The zero-order valence-corrected chi connectivity index (χ0v) is 16.0. The van der Waals surface area contributed by atoms with Crippen molar-refractivity contribution in [1.82, 2.24) is 4.90 Å². The lowest BCUT2D eigenvalue weighted by molar-refractivity contribution is -0.121. The van der Waals surface area contributed by atoms with Crippen molar-refractivity contribution in [2.75, 3.05) is 36.4 Å². The summed E-state index contributed by atoms with van der Waals surface area (Å²) in [7, 11) is 0. The Hall–Kier alpha value is -2.76. The third-order valence-electron chi connectivity index (χ3n) is 5.07. The summed E-state index contributed by atoms with van der Waals surface area (Å²) >= 11 is 0. The third-order valence-corrected chi connectivity index (χ3v) is 5.07. The van der Waals surface area contributed by atoms with Crippen LogP contribution >= 0.6 is 0 Å². The fourth-order valence-corrected chi connectivity index (χ4v) is 3.52. The van der Waals surface area contributed by atoms with E-state index in [1.165, 1.54) is 6.26 Å². The van der Waals surface area contributed by atoms with Crippen LogP contribution in [-0.2, 0) is 4.79 Å². The van der Waals surface area contributed by atoms with Crippen LogP contribution in [0.15, 0.2) is 47.1 Å². The number of benzene rings is 1. The van der Waals surface area contributed by atoms with Crippen LogP contribution in [0.5, 0.6) is 0 Å². The van der Waals surface area contributed by atoms with Crippen molar-refractivity contribution in [2.24, 2.45) is 5.92 Å². The van der Waals surface area contributed by atoms with E-state index in [-0.39, 0.29) is 17.7 Å². The maximum Gasteiger partial charge on any atom is 0.289 e. The number of furan rings is 1. The second-order valence-electron chi connectivity index (χ2n) is 6.78. The fourth-order valence-electron chi connectivity index (χ4n) is 3.52. The monoisotopic (exact) mass is 369 g/mol. The summed E-state index contributed by atoms with van der Waals surface area (Å²) in [6.07, 6.45) is 3.08. The van der Waals surface area contributed by atoms with Gasteiger partial charge in [-0.25, -0.2) is 0 Å². The van der Waals surface area contributed by atoms with Gasteiger partial charge in [-0.15, -0.1) is 0 Å². The number of rotatable bonds is 6. The molecule has 6 heteroatoms. The van der Waals surface area contributed by atoms with Gasteiger partial charge in [0.05, 0.1) is 12.2 Å². The van der Waals surface area contributed by atoms with E-state index in [0.29, 0.717) is 18.8 Å². The standard InChI is InChI=1S/C21H27N3O3/c1-3-23(4-2)18-11-9-17(10-12-18)22-20(25)16-7-5-13-24(15-16)21(26)19-8-6-14-27-19/h6,8-12,14,16H,3-5,7,13,15H2,1-2H3,(H,22,25)/t16-/m1/s1. The minimum atomic E-state index is -0.208. The zero-order chi connectivity index (χ0) is 19.2. The predicted octanol–water partition coefficient (Wildman–Crippen LogP) is 3.62. The van der Waals surface area contributed by atoms with Gasteiger partial charge in [0, 0.05) is 37.6 Å². The van der Waals surface area contributed by atoms with Crippen LogP contribution in [0.4, 0.5) is 11.4 Å². The molecule has 0 radical (unpaired) electrons. The van der Waals surface area contributed by atoms with Gasteiger partial charge in [0.25, 0.3) is 5.91 Å². The summed E-state index contributed by atoms with van der Waals surface area (Å²) in [5.74, 6) is -0.0771. The van der Waals surface area contributed by atoms with Crippen molar-refractivity contribution in [3.63, 3.8) is 0 Å². The molecule has 0 aliphatic carbocycles. The molecule has 6 nitrogen and oxygen atoms in total. The zero-order valence-electron chi connectivity index (χ0n) is 16.0. The number of anilines is 2. The highest BCUT2D eigenvalue weighted by molar-refractivity contribution is 5.95. The van der Waals surface area contributed by atoms with Gasteiger partial charge in [-0.2, -0.15) is 0 Å². The van der Waals surface area contributed by atoms with Gasteiger partial charge in [0.2, 0.25) is 5.91 Å². The molecule has 0 spiro atoms. The number of amides is 2. The highest BCUT2D eigenvalue weighted by Crippen LogP contribution is 2.22. The summed E-state index contributed by atoms with van der Waals surface area (Å²) in [4.78, 5) is 29.1. The molecule has 2 heterocycles. The van der Waals surface area contributed by atoms with Crippen molar-refractivity contribution >= 4 is 23.2 Å². The first-order valence-electron chi connectivity index (χ1n) is 9.61. The number of carbonyl (C=O) groups is 2. The Morgan fingerprint density at radius 1 is 1.19 bits per heavy atom. The topological polar surface area (TPSA) is 65.8 Å². The van der Waals surface area contributed by atoms with E-state index in [0.717, 1.165) is 37.3 Å². The molecular formula is C21H27N3O3. The molecular weight excluding hydrogens is 342 g/mol. The van der Waals surface area contributed by atoms with Crippen molar-refractivity contribution < 1.29 is 14.0 Å². The molecule has 27 heavy (non-hydrogen) atoms. The van der Waals surface area contributed by atoms with E-state index in [4.69, 9.17) is 4.42 Å². The largest absolute Gasteiger partial charge is 0.459 e. The van der Waals surface area contributed by atoms with Gasteiger partial charge < -0.3 is 19.5 Å². The van der Waals surface area contributed by atoms with E-state index in [9.17, 15) is 9.59 Å². The second-order valence-corrected chi connectivity index (χ2v) is 6.78. The average molecular weight is 369 g/mol. The summed E-state index contributed by atoms with van der Waals surface area (Å²) in [5, 5.41) is 2.99. The molecule has 1 saturated heterocycles. The first-order chi connectivity index (χ1) is 13.1. The number of likely N-dealkylation sites (tertiary alicyclic amines) is 1. The van der Waals surface area contributed by atoms with Gasteiger partial charge in [-0.1, -0.05) is 0 Å². The quantitative estimate of drug-likeness (QED) is 0.845. The lowest BCUT2D eigenvalue weighted by Crippen LogP contribution is -2.43. The molecule has 2 amide bonds. The van der Waals surface area contributed by atoms with Crippen molar-refractivity contribution in [1.29, 1.82) is 0 Å². The first-order valence-corrected chi connectivity index (χ1v) is 9.61. The summed E-state index contributed by atoms with van der Waals surface area (Å²) in [6, 6.07) is 11.3. The highest BCUT2D eigenvalue weighted by Gasteiger charge is 2.29. The van der Waals surface area contributed by atoms with E-state index in [2.05, 4.69) is 24.1 Å². The Kier molecular flexibility index (Phi) is 6.16. The number of piperidine rings is 1. The van der Waals surface area contributed by atoms with E-state index in [1.54, 1.807) is 17.0 Å². The van der Waals surface area contributed by atoms with Crippen LogP contribution in [0, 0.1) is 5.92 Å². The van der Waals surface area contributed by atoms with Crippen LogP contribution in [0.25, 0.3) is 0 Å². The molecule has 2 aromatic rings. The SMILES string of the molecule is CCN(CC)c1ccc(NC(=O)[C@@H]2CCCN(C(=O)c3ccco3)C2)cc1. The molecule has 0 saturated carbocycles. The Morgan fingerprint density at radius 2 is 1.93 bits per heavy atom. The number of nitrogens with zero attached hydrogens (tertiary/aromatic N) is 2. The Balaban J connectivity index is 1.59. The predicted molar refractivity (Wildman–Crippen MR) is 106 cm³/mol. The third kappa shape index (κ3) is 4.51. The minimum Gasteiger partial charge on any atom is -0.459 e. The molecule has 1 aliphatic rings. The van der Waals surface area contributed by atoms with Crippen LogP contribution < -0.4 is 10.2 Å². The van der Waals surface area contributed by atoms with Crippen molar-refractivity contribution in [2.45, 2.75) is 26.7 Å². The van der Waals surface area contributed by atoms with Crippen LogP contribution in [0.2, 0.25) is 0 Å². The number of hydrogen-bond acceptors (Lipinski definition) is 4. The Labute approximate surface area is 160 Å². The van der Waals surface area contributed by atoms with Crippen LogP contribution in [-0.4, -0.2) is 42.9 Å². The summed E-state index contributed by atoms with van der Waals surface area (Å²) in [6.45, 7) is 7.22. The molecule has 0 bridgehead atoms. The maximum atomic E-state index is 12.7. The molecule has 1 aliphatic heterocycles. The van der Waals surface area contributed by atoms with E-state index in [1.807, 2.05) is 24.3 Å². The van der Waals surface area contributed by atoms with E-state index < -0.39 is 0 Å². The van der Waals surface area contributed by atoms with Gasteiger partial charge in [-0.3, -0.25) is 9.59 Å². The average Bonchev–Trinajstić information content (AvgIpc) is 3.24. The molecule has 144 valence electrons. The number of hydrogen-bond donors (Lipinski definition) is 1.